The fourth-order valence-corrected chi connectivity index (χ4v) is 3.03. The number of rotatable bonds is 5. The minimum atomic E-state index is -0.749. The van der Waals surface area contributed by atoms with Crippen molar-refractivity contribution in [1.82, 2.24) is 15.1 Å². The van der Waals surface area contributed by atoms with Gasteiger partial charge in [-0.05, 0) is 49.2 Å². The molecule has 0 fully saturated rings. The SMILES string of the molecule is Cc1cc(C)n([C@H](C)C(=O)NC[C@@H](O)c2ccc3ccccc3c2)n1. The number of hydrogen-bond donors (Lipinski definition) is 2. The largest absolute Gasteiger partial charge is 0.387 e. The minimum absolute atomic E-state index is 0.161. The van der Waals surface area contributed by atoms with E-state index < -0.39 is 12.1 Å². The first-order chi connectivity index (χ1) is 12.0. The summed E-state index contributed by atoms with van der Waals surface area (Å²) in [4.78, 5) is 12.4. The summed E-state index contributed by atoms with van der Waals surface area (Å²) in [5, 5.41) is 19.8. The van der Waals surface area contributed by atoms with E-state index in [2.05, 4.69) is 10.4 Å². The van der Waals surface area contributed by atoms with Crippen molar-refractivity contribution >= 4 is 16.7 Å². The van der Waals surface area contributed by atoms with Gasteiger partial charge in [0.1, 0.15) is 6.04 Å². The van der Waals surface area contributed by atoms with Crippen molar-refractivity contribution in [2.24, 2.45) is 0 Å². The molecule has 0 radical (unpaired) electrons. The van der Waals surface area contributed by atoms with Gasteiger partial charge in [0.2, 0.25) is 5.91 Å². The monoisotopic (exact) mass is 337 g/mol. The van der Waals surface area contributed by atoms with Crippen LogP contribution in [0.4, 0.5) is 0 Å². The average Bonchev–Trinajstić information content (AvgIpc) is 2.96. The molecule has 5 nitrogen and oxygen atoms in total. The molecule has 0 spiro atoms. The molecule has 0 saturated heterocycles. The second-order valence-corrected chi connectivity index (χ2v) is 6.42. The molecule has 0 bridgehead atoms. The van der Waals surface area contributed by atoms with Gasteiger partial charge < -0.3 is 10.4 Å². The fourth-order valence-electron chi connectivity index (χ4n) is 3.03. The van der Waals surface area contributed by atoms with E-state index in [1.807, 2.05) is 62.4 Å². The maximum absolute atomic E-state index is 12.4. The van der Waals surface area contributed by atoms with Crippen molar-refractivity contribution < 1.29 is 9.90 Å². The number of carbonyl (C=O) groups is 1. The van der Waals surface area contributed by atoms with Gasteiger partial charge in [-0.1, -0.05) is 36.4 Å². The zero-order valence-corrected chi connectivity index (χ0v) is 14.7. The number of aromatic nitrogens is 2. The van der Waals surface area contributed by atoms with Crippen LogP contribution in [0.25, 0.3) is 10.8 Å². The Morgan fingerprint density at radius 3 is 2.56 bits per heavy atom. The topological polar surface area (TPSA) is 67.2 Å². The standard InChI is InChI=1S/C20H23N3O2/c1-13-10-14(2)23(22-13)15(3)20(25)21-12-19(24)18-9-8-16-6-4-5-7-17(16)11-18/h4-11,15,19,24H,12H2,1-3H3,(H,21,25)/t15-,19-/m1/s1. The summed E-state index contributed by atoms with van der Waals surface area (Å²) in [5.74, 6) is -0.161. The number of aliphatic hydroxyl groups is 1. The van der Waals surface area contributed by atoms with E-state index in [1.165, 1.54) is 0 Å². The van der Waals surface area contributed by atoms with E-state index in [1.54, 1.807) is 11.6 Å². The van der Waals surface area contributed by atoms with Crippen LogP contribution in [0, 0.1) is 13.8 Å². The lowest BCUT2D eigenvalue weighted by Crippen LogP contribution is -2.34. The first kappa shape index (κ1) is 17.2. The summed E-state index contributed by atoms with van der Waals surface area (Å²) >= 11 is 0. The molecule has 130 valence electrons. The van der Waals surface area contributed by atoms with Crippen molar-refractivity contribution in [3.63, 3.8) is 0 Å². The van der Waals surface area contributed by atoms with Crippen molar-refractivity contribution in [1.29, 1.82) is 0 Å². The van der Waals surface area contributed by atoms with Crippen LogP contribution in [0.3, 0.4) is 0 Å². The lowest BCUT2D eigenvalue weighted by atomic mass is 10.0. The van der Waals surface area contributed by atoms with Gasteiger partial charge in [-0.25, -0.2) is 0 Å². The van der Waals surface area contributed by atoms with Crippen molar-refractivity contribution in [2.75, 3.05) is 6.54 Å². The third-order valence-electron chi connectivity index (χ3n) is 4.42. The van der Waals surface area contributed by atoms with E-state index in [0.29, 0.717) is 0 Å². The lowest BCUT2D eigenvalue weighted by Gasteiger charge is -2.17. The van der Waals surface area contributed by atoms with Crippen molar-refractivity contribution in [3.8, 4) is 0 Å². The Bertz CT molecular complexity index is 901. The van der Waals surface area contributed by atoms with E-state index in [-0.39, 0.29) is 12.5 Å². The fraction of sp³-hybridized carbons (Fsp3) is 0.300. The lowest BCUT2D eigenvalue weighted by molar-refractivity contribution is -0.124. The summed E-state index contributed by atoms with van der Waals surface area (Å²) in [6.07, 6.45) is -0.749. The van der Waals surface area contributed by atoms with Gasteiger partial charge in [0.25, 0.3) is 0 Å². The number of nitrogens with zero attached hydrogens (tertiary/aromatic N) is 2. The number of hydrogen-bond acceptors (Lipinski definition) is 3. The van der Waals surface area contributed by atoms with Gasteiger partial charge in [0.05, 0.1) is 11.8 Å². The van der Waals surface area contributed by atoms with Crippen LogP contribution in [0.2, 0.25) is 0 Å². The summed E-state index contributed by atoms with van der Waals surface area (Å²) in [6.45, 7) is 5.79. The summed E-state index contributed by atoms with van der Waals surface area (Å²) in [6, 6.07) is 15.3. The number of fused-ring (bicyclic) bond motifs is 1. The van der Waals surface area contributed by atoms with Gasteiger partial charge >= 0.3 is 0 Å². The first-order valence-electron chi connectivity index (χ1n) is 8.43. The average molecular weight is 337 g/mol. The Kier molecular flexibility index (Phi) is 4.86. The number of nitrogens with one attached hydrogen (secondary N) is 1. The quantitative estimate of drug-likeness (QED) is 0.752. The molecule has 2 aromatic carbocycles. The van der Waals surface area contributed by atoms with Crippen LogP contribution < -0.4 is 5.32 Å². The van der Waals surface area contributed by atoms with Crippen LogP contribution in [-0.4, -0.2) is 27.3 Å². The molecule has 25 heavy (non-hydrogen) atoms. The molecule has 3 aromatic rings. The highest BCUT2D eigenvalue weighted by molar-refractivity contribution is 5.83. The minimum Gasteiger partial charge on any atom is -0.387 e. The molecule has 3 rings (SSSR count). The van der Waals surface area contributed by atoms with Crippen LogP contribution in [0.1, 0.15) is 36.0 Å². The zero-order valence-electron chi connectivity index (χ0n) is 14.7. The molecule has 0 saturated carbocycles. The molecule has 1 aromatic heterocycles. The Morgan fingerprint density at radius 1 is 1.16 bits per heavy atom. The molecule has 0 aliphatic rings. The third-order valence-corrected chi connectivity index (χ3v) is 4.42. The van der Waals surface area contributed by atoms with Gasteiger partial charge in [-0.3, -0.25) is 9.48 Å². The molecule has 5 heteroatoms. The highest BCUT2D eigenvalue weighted by atomic mass is 16.3. The first-order valence-corrected chi connectivity index (χ1v) is 8.43. The maximum Gasteiger partial charge on any atom is 0.244 e. The van der Waals surface area contributed by atoms with E-state index in [0.717, 1.165) is 27.7 Å². The predicted octanol–water partition coefficient (Wildman–Crippen LogP) is 3.06. The Labute approximate surface area is 147 Å². The summed E-state index contributed by atoms with van der Waals surface area (Å²) in [5.41, 5.74) is 2.61. The summed E-state index contributed by atoms with van der Waals surface area (Å²) < 4.78 is 1.70. The normalized spacial score (nSPS) is 13.6. The molecule has 2 N–H and O–H groups in total. The number of aliphatic hydroxyl groups excluding tert-OH is 1. The molecule has 2 atom stereocenters. The van der Waals surface area contributed by atoms with Gasteiger partial charge in [0.15, 0.2) is 0 Å². The van der Waals surface area contributed by atoms with Crippen LogP contribution in [-0.2, 0) is 4.79 Å². The highest BCUT2D eigenvalue weighted by Gasteiger charge is 2.19. The molecule has 0 aliphatic carbocycles. The number of amides is 1. The molecular formula is C20H23N3O2. The number of aryl methyl sites for hydroxylation is 2. The Balaban J connectivity index is 1.65. The van der Waals surface area contributed by atoms with Crippen molar-refractivity contribution in [3.05, 3.63) is 65.5 Å². The van der Waals surface area contributed by atoms with E-state index in [9.17, 15) is 9.90 Å². The number of carbonyl (C=O) groups excluding carboxylic acids is 1. The van der Waals surface area contributed by atoms with E-state index in [4.69, 9.17) is 0 Å². The Hall–Kier alpha value is -2.66. The van der Waals surface area contributed by atoms with Crippen LogP contribution in [0.5, 0.6) is 0 Å². The van der Waals surface area contributed by atoms with Gasteiger partial charge in [-0.15, -0.1) is 0 Å². The van der Waals surface area contributed by atoms with Gasteiger partial charge in [0, 0.05) is 12.2 Å². The molecule has 1 heterocycles. The second kappa shape index (κ2) is 7.07. The van der Waals surface area contributed by atoms with Crippen molar-refractivity contribution in [2.45, 2.75) is 32.9 Å². The van der Waals surface area contributed by atoms with Gasteiger partial charge in [-0.2, -0.15) is 5.10 Å². The molecule has 0 aliphatic heterocycles. The molecule has 0 unspecified atom stereocenters. The third kappa shape index (κ3) is 3.72. The summed E-state index contributed by atoms with van der Waals surface area (Å²) in [7, 11) is 0. The van der Waals surface area contributed by atoms with E-state index >= 15 is 0 Å². The zero-order chi connectivity index (χ0) is 18.0. The second-order valence-electron chi connectivity index (χ2n) is 6.42. The predicted molar refractivity (Wildman–Crippen MR) is 98.3 cm³/mol. The molecule has 1 amide bonds. The molecular weight excluding hydrogens is 314 g/mol. The Morgan fingerprint density at radius 2 is 1.88 bits per heavy atom. The maximum atomic E-state index is 12.4. The van der Waals surface area contributed by atoms with Crippen LogP contribution >= 0.6 is 0 Å². The smallest absolute Gasteiger partial charge is 0.244 e. The number of benzene rings is 2. The highest BCUT2D eigenvalue weighted by Crippen LogP contribution is 2.20. The van der Waals surface area contributed by atoms with Crippen LogP contribution in [0.15, 0.2) is 48.5 Å².